The van der Waals surface area contributed by atoms with Crippen molar-refractivity contribution in [2.24, 2.45) is 0 Å². The summed E-state index contributed by atoms with van der Waals surface area (Å²) in [6.07, 6.45) is 13.3. The highest BCUT2D eigenvalue weighted by atomic mass is 16.1. The fourth-order valence-electron chi connectivity index (χ4n) is 4.78. The number of likely N-dealkylation sites (tertiary alicyclic amines) is 1. The largest absolute Gasteiger partial charge is 0.336 e. The van der Waals surface area contributed by atoms with Crippen molar-refractivity contribution in [3.63, 3.8) is 0 Å². The highest BCUT2D eigenvalue weighted by Gasteiger charge is 2.27. The number of carbonyl (C=O) groups excluding carboxylic acids is 1. The molecule has 1 aliphatic heterocycles. The Morgan fingerprint density at radius 2 is 1.97 bits per heavy atom. The average Bonchev–Trinajstić information content (AvgIpc) is 3.45. The van der Waals surface area contributed by atoms with Gasteiger partial charge in [-0.3, -0.25) is 9.69 Å². The van der Waals surface area contributed by atoms with Crippen molar-refractivity contribution < 1.29 is 4.79 Å². The van der Waals surface area contributed by atoms with Gasteiger partial charge in [0, 0.05) is 11.3 Å². The second-order valence-corrected chi connectivity index (χ2v) is 8.38. The first-order valence-corrected chi connectivity index (χ1v) is 11.1. The standard InChI is InChI=1S/C24H25N7O/c1-17-23(21(32)16-29-13-3-2-4-14-29)24-20(9-10-22(28-24)31-26-11-12-27-31)30(17)19-7-5-18(15-25)6-8-19/h5-7,9-12,19H,2-4,8,13-14,16H2,1H3. The predicted molar refractivity (Wildman–Crippen MR) is 120 cm³/mol. The number of nitriles is 1. The van der Waals surface area contributed by atoms with Crippen LogP contribution < -0.4 is 0 Å². The molecule has 0 spiro atoms. The Hall–Kier alpha value is -3.57. The second kappa shape index (κ2) is 8.52. The molecule has 3 aromatic rings. The smallest absolute Gasteiger partial charge is 0.180 e. The number of allylic oxidation sites excluding steroid dienone is 4. The minimum atomic E-state index is 0.0293. The molecule has 1 atom stereocenters. The van der Waals surface area contributed by atoms with Gasteiger partial charge in [0.15, 0.2) is 11.6 Å². The second-order valence-electron chi connectivity index (χ2n) is 8.38. The number of aromatic nitrogens is 5. The van der Waals surface area contributed by atoms with Gasteiger partial charge in [-0.05, 0) is 57.5 Å². The van der Waals surface area contributed by atoms with E-state index in [1.54, 1.807) is 12.4 Å². The number of ketones is 1. The topological polar surface area (TPSA) is 92.6 Å². The van der Waals surface area contributed by atoms with Gasteiger partial charge >= 0.3 is 0 Å². The van der Waals surface area contributed by atoms with E-state index >= 15 is 0 Å². The fourth-order valence-corrected chi connectivity index (χ4v) is 4.78. The van der Waals surface area contributed by atoms with Gasteiger partial charge in [-0.15, -0.1) is 4.80 Å². The van der Waals surface area contributed by atoms with Gasteiger partial charge in [0.05, 0.1) is 42.1 Å². The molecule has 4 heterocycles. The lowest BCUT2D eigenvalue weighted by Crippen LogP contribution is -2.34. The monoisotopic (exact) mass is 427 g/mol. The van der Waals surface area contributed by atoms with E-state index in [0.29, 0.717) is 35.4 Å². The van der Waals surface area contributed by atoms with Gasteiger partial charge in [-0.1, -0.05) is 18.6 Å². The van der Waals surface area contributed by atoms with Crippen molar-refractivity contribution in [2.45, 2.75) is 38.6 Å². The highest BCUT2D eigenvalue weighted by Crippen LogP contribution is 2.33. The summed E-state index contributed by atoms with van der Waals surface area (Å²) in [6.45, 7) is 4.33. The van der Waals surface area contributed by atoms with Crippen LogP contribution in [0, 0.1) is 18.3 Å². The fraction of sp³-hybridized carbons (Fsp3) is 0.375. The molecule has 1 saturated heterocycles. The summed E-state index contributed by atoms with van der Waals surface area (Å²) in [5.41, 5.74) is 3.83. The molecule has 1 unspecified atom stereocenters. The third kappa shape index (κ3) is 3.65. The minimum absolute atomic E-state index is 0.0293. The van der Waals surface area contributed by atoms with Crippen LogP contribution in [0.25, 0.3) is 16.9 Å². The first-order chi connectivity index (χ1) is 15.7. The van der Waals surface area contributed by atoms with Crippen LogP contribution in [0.3, 0.4) is 0 Å². The van der Waals surface area contributed by atoms with Crippen molar-refractivity contribution in [1.82, 2.24) is 29.4 Å². The Morgan fingerprint density at radius 1 is 1.19 bits per heavy atom. The number of hydrogen-bond acceptors (Lipinski definition) is 6. The van der Waals surface area contributed by atoms with E-state index in [1.807, 2.05) is 37.3 Å². The number of hydrogen-bond donors (Lipinski definition) is 0. The number of pyridine rings is 1. The molecule has 8 nitrogen and oxygen atoms in total. The SMILES string of the molecule is Cc1c(C(=O)CN2CCCCC2)c2nc(-n3nccn3)ccc2n1C1C=CC(C#N)=CC1. The number of Topliss-reactive ketones (excluding diaryl/α,β-unsaturated/α-hetero) is 1. The van der Waals surface area contributed by atoms with Crippen LogP contribution in [-0.4, -0.2) is 54.9 Å². The zero-order valence-corrected chi connectivity index (χ0v) is 18.1. The van der Waals surface area contributed by atoms with E-state index in [-0.39, 0.29) is 11.8 Å². The molecule has 8 heteroatoms. The lowest BCUT2D eigenvalue weighted by molar-refractivity contribution is 0.0916. The third-order valence-corrected chi connectivity index (χ3v) is 6.34. The molecular weight excluding hydrogens is 402 g/mol. The Kier molecular flexibility index (Phi) is 5.41. The van der Waals surface area contributed by atoms with Crippen LogP contribution in [0.4, 0.5) is 0 Å². The molecule has 1 aliphatic carbocycles. The quantitative estimate of drug-likeness (QED) is 0.578. The van der Waals surface area contributed by atoms with Crippen molar-refractivity contribution >= 4 is 16.8 Å². The van der Waals surface area contributed by atoms with Gasteiger partial charge in [-0.25, -0.2) is 4.98 Å². The van der Waals surface area contributed by atoms with Gasteiger partial charge < -0.3 is 4.57 Å². The Bertz CT molecular complexity index is 1250. The molecule has 2 aliphatic rings. The van der Waals surface area contributed by atoms with Gasteiger partial charge in [0.25, 0.3) is 0 Å². The van der Waals surface area contributed by atoms with Crippen molar-refractivity contribution in [1.29, 1.82) is 5.26 Å². The van der Waals surface area contributed by atoms with Crippen molar-refractivity contribution in [3.8, 4) is 11.9 Å². The van der Waals surface area contributed by atoms with E-state index < -0.39 is 0 Å². The summed E-state index contributed by atoms with van der Waals surface area (Å²) in [6, 6.07) is 6.09. The van der Waals surface area contributed by atoms with Crippen LogP contribution in [-0.2, 0) is 0 Å². The van der Waals surface area contributed by atoms with Crippen molar-refractivity contribution in [3.05, 3.63) is 59.6 Å². The maximum atomic E-state index is 13.5. The normalized spacial score (nSPS) is 19.1. The molecule has 0 N–H and O–H groups in total. The van der Waals surface area contributed by atoms with E-state index in [0.717, 1.165) is 37.1 Å². The Balaban J connectivity index is 1.60. The Labute approximate surface area is 186 Å². The van der Waals surface area contributed by atoms with Crippen LogP contribution in [0.15, 0.2) is 48.3 Å². The molecule has 5 rings (SSSR count). The number of piperidine rings is 1. The van der Waals surface area contributed by atoms with E-state index in [2.05, 4.69) is 25.7 Å². The molecular formula is C24H25N7O. The molecule has 0 aromatic carbocycles. The molecule has 1 fully saturated rings. The van der Waals surface area contributed by atoms with E-state index in [1.165, 1.54) is 11.2 Å². The van der Waals surface area contributed by atoms with Crippen LogP contribution in [0.1, 0.15) is 47.8 Å². The minimum Gasteiger partial charge on any atom is -0.336 e. The van der Waals surface area contributed by atoms with Crippen molar-refractivity contribution in [2.75, 3.05) is 19.6 Å². The lowest BCUT2D eigenvalue weighted by Gasteiger charge is -2.25. The van der Waals surface area contributed by atoms with Crippen LogP contribution >= 0.6 is 0 Å². The molecule has 162 valence electrons. The summed E-state index contributed by atoms with van der Waals surface area (Å²) >= 11 is 0. The molecule has 32 heavy (non-hydrogen) atoms. The summed E-state index contributed by atoms with van der Waals surface area (Å²) in [5.74, 6) is 0.678. The molecule has 0 radical (unpaired) electrons. The summed E-state index contributed by atoms with van der Waals surface area (Å²) in [4.78, 5) is 22.1. The number of nitrogens with zero attached hydrogens (tertiary/aromatic N) is 7. The highest BCUT2D eigenvalue weighted by molar-refractivity contribution is 6.09. The zero-order valence-electron chi connectivity index (χ0n) is 18.1. The third-order valence-electron chi connectivity index (χ3n) is 6.34. The maximum absolute atomic E-state index is 13.5. The van der Waals surface area contributed by atoms with Gasteiger partial charge in [0.2, 0.25) is 0 Å². The number of fused-ring (bicyclic) bond motifs is 1. The predicted octanol–water partition coefficient (Wildman–Crippen LogP) is 3.55. The maximum Gasteiger partial charge on any atom is 0.180 e. The van der Waals surface area contributed by atoms with Gasteiger partial charge in [-0.2, -0.15) is 15.5 Å². The summed E-state index contributed by atoms with van der Waals surface area (Å²) in [5, 5.41) is 17.6. The molecule has 0 amide bonds. The molecule has 0 saturated carbocycles. The Morgan fingerprint density at radius 3 is 2.66 bits per heavy atom. The first kappa shape index (κ1) is 20.3. The van der Waals surface area contributed by atoms with Gasteiger partial charge in [0.1, 0.15) is 5.52 Å². The number of carbonyl (C=O) groups is 1. The first-order valence-electron chi connectivity index (χ1n) is 11.1. The number of rotatable bonds is 5. The average molecular weight is 428 g/mol. The van der Waals surface area contributed by atoms with Crippen LogP contribution in [0.2, 0.25) is 0 Å². The van der Waals surface area contributed by atoms with E-state index in [4.69, 9.17) is 4.98 Å². The zero-order chi connectivity index (χ0) is 22.1. The molecule has 0 bridgehead atoms. The van der Waals surface area contributed by atoms with E-state index in [9.17, 15) is 10.1 Å². The summed E-state index contributed by atoms with van der Waals surface area (Å²) < 4.78 is 2.17. The lowest BCUT2D eigenvalue weighted by atomic mass is 10.0. The summed E-state index contributed by atoms with van der Waals surface area (Å²) in [7, 11) is 0. The van der Waals surface area contributed by atoms with Crippen LogP contribution in [0.5, 0.6) is 0 Å². The molecule has 3 aromatic heterocycles.